The lowest BCUT2D eigenvalue weighted by atomic mass is 9.84. The Labute approximate surface area is 315 Å². The molecule has 0 N–H and O–H groups in total. The van der Waals surface area contributed by atoms with E-state index in [0.29, 0.717) is 0 Å². The third-order valence-corrected chi connectivity index (χ3v) is 11.4. The Morgan fingerprint density at radius 3 is 1.58 bits per heavy atom. The van der Waals surface area contributed by atoms with Crippen LogP contribution in [0.3, 0.4) is 0 Å². The topological polar surface area (TPSA) is 31.2 Å². The first kappa shape index (κ1) is 30.1. The van der Waals surface area contributed by atoms with E-state index in [1.165, 1.54) is 60.0 Å². The Morgan fingerprint density at radius 1 is 0.291 bits per heavy atom. The molecule has 0 amide bonds. The van der Waals surface area contributed by atoms with E-state index in [2.05, 4.69) is 180 Å². The van der Waals surface area contributed by atoms with Crippen molar-refractivity contribution in [3.05, 3.63) is 188 Å². The average Bonchev–Trinajstić information content (AvgIpc) is 3.91. The number of nitrogens with zero attached hydrogens (tertiary/aromatic N) is 1. The van der Waals surface area contributed by atoms with Crippen molar-refractivity contribution >= 4 is 76.3 Å². The van der Waals surface area contributed by atoms with Crippen LogP contribution in [0.4, 0.5) is 0 Å². The number of aromatic nitrogens is 1. The standard InChI is InChI=1S/C52H31NO2/c1-3-15-32(16-4-1)52-51(43-30-42-36-20-12-14-26-46(36)54-47(42)31-48(43)55-52)50-39-23-9-7-21-37(39)49(38-22-8-10-24-40(38)50)33-27-28-45-41(29-33)35-19-11-13-25-44(35)53(45)34-17-5-2-6-18-34/h1-31H. The molecule has 0 fully saturated rings. The average molecular weight is 702 g/mol. The van der Waals surface area contributed by atoms with Gasteiger partial charge in [0.05, 0.1) is 11.0 Å². The van der Waals surface area contributed by atoms with Crippen molar-refractivity contribution in [1.82, 2.24) is 4.57 Å². The Bertz CT molecular complexity index is 3420. The summed E-state index contributed by atoms with van der Waals surface area (Å²) in [4.78, 5) is 0. The quantitative estimate of drug-likeness (QED) is 0.171. The molecule has 3 aromatic heterocycles. The van der Waals surface area contributed by atoms with Gasteiger partial charge in [0.1, 0.15) is 22.5 Å². The highest BCUT2D eigenvalue weighted by molar-refractivity contribution is 6.26. The molecular formula is C52H31NO2. The molecule has 0 atom stereocenters. The van der Waals surface area contributed by atoms with Crippen LogP contribution in [0.5, 0.6) is 0 Å². The first-order valence-electron chi connectivity index (χ1n) is 18.8. The molecule has 256 valence electrons. The molecule has 0 saturated heterocycles. The highest BCUT2D eigenvalue weighted by Crippen LogP contribution is 2.51. The van der Waals surface area contributed by atoms with Crippen molar-refractivity contribution in [2.75, 3.05) is 0 Å². The van der Waals surface area contributed by atoms with Crippen LogP contribution in [0.25, 0.3) is 116 Å². The fraction of sp³-hybridized carbons (Fsp3) is 0. The summed E-state index contributed by atoms with van der Waals surface area (Å²) in [5, 5.41) is 10.5. The minimum atomic E-state index is 0.804. The fourth-order valence-electron chi connectivity index (χ4n) is 9.05. The molecule has 0 saturated carbocycles. The van der Waals surface area contributed by atoms with Crippen LogP contribution in [0.15, 0.2) is 197 Å². The number of para-hydroxylation sites is 3. The number of hydrogen-bond acceptors (Lipinski definition) is 2. The summed E-state index contributed by atoms with van der Waals surface area (Å²) in [5.74, 6) is 0.853. The van der Waals surface area contributed by atoms with Gasteiger partial charge in [0, 0.05) is 55.4 Å². The minimum Gasteiger partial charge on any atom is -0.456 e. The molecule has 0 aliphatic carbocycles. The van der Waals surface area contributed by atoms with Crippen LogP contribution >= 0.6 is 0 Å². The van der Waals surface area contributed by atoms with Gasteiger partial charge >= 0.3 is 0 Å². The van der Waals surface area contributed by atoms with Crippen molar-refractivity contribution in [2.45, 2.75) is 0 Å². The maximum absolute atomic E-state index is 6.92. The van der Waals surface area contributed by atoms with Crippen LogP contribution in [0.2, 0.25) is 0 Å². The van der Waals surface area contributed by atoms with E-state index in [1.54, 1.807) is 0 Å². The van der Waals surface area contributed by atoms with E-state index in [4.69, 9.17) is 8.83 Å². The minimum absolute atomic E-state index is 0.804. The molecule has 3 heterocycles. The van der Waals surface area contributed by atoms with Gasteiger partial charge in [0.25, 0.3) is 0 Å². The summed E-state index contributed by atoms with van der Waals surface area (Å²) in [7, 11) is 0. The lowest BCUT2D eigenvalue weighted by molar-refractivity contribution is 0.629. The Kier molecular flexibility index (Phi) is 6.34. The van der Waals surface area contributed by atoms with Gasteiger partial charge in [-0.1, -0.05) is 140 Å². The van der Waals surface area contributed by atoms with Crippen molar-refractivity contribution in [3.8, 4) is 39.3 Å². The molecule has 0 bridgehead atoms. The largest absolute Gasteiger partial charge is 0.456 e. The van der Waals surface area contributed by atoms with Crippen LogP contribution < -0.4 is 0 Å². The number of hydrogen-bond donors (Lipinski definition) is 0. The smallest absolute Gasteiger partial charge is 0.143 e. The second-order valence-electron chi connectivity index (χ2n) is 14.4. The zero-order chi connectivity index (χ0) is 36.0. The summed E-state index contributed by atoms with van der Waals surface area (Å²) in [6.07, 6.45) is 0. The van der Waals surface area contributed by atoms with Crippen molar-refractivity contribution in [3.63, 3.8) is 0 Å². The maximum atomic E-state index is 6.92. The molecule has 0 radical (unpaired) electrons. The second kappa shape index (κ2) is 11.6. The van der Waals surface area contributed by atoms with Crippen LogP contribution in [0, 0.1) is 0 Å². The lowest BCUT2D eigenvalue weighted by Gasteiger charge is -2.18. The summed E-state index contributed by atoms with van der Waals surface area (Å²) in [6.45, 7) is 0. The first-order valence-corrected chi connectivity index (χ1v) is 18.8. The van der Waals surface area contributed by atoms with Gasteiger partial charge in [-0.3, -0.25) is 0 Å². The van der Waals surface area contributed by atoms with Crippen molar-refractivity contribution in [1.29, 1.82) is 0 Å². The normalized spacial score (nSPS) is 12.0. The summed E-state index contributed by atoms with van der Waals surface area (Å²) in [6, 6.07) is 67.3. The van der Waals surface area contributed by atoms with Crippen LogP contribution in [-0.2, 0) is 0 Å². The van der Waals surface area contributed by atoms with Gasteiger partial charge < -0.3 is 13.4 Å². The molecule has 3 heteroatoms. The second-order valence-corrected chi connectivity index (χ2v) is 14.4. The van der Waals surface area contributed by atoms with Crippen molar-refractivity contribution < 1.29 is 8.83 Å². The maximum Gasteiger partial charge on any atom is 0.143 e. The summed E-state index contributed by atoms with van der Waals surface area (Å²) in [5.41, 5.74) is 11.8. The van der Waals surface area contributed by atoms with E-state index in [1.807, 2.05) is 12.1 Å². The van der Waals surface area contributed by atoms with Crippen LogP contribution in [-0.4, -0.2) is 4.57 Å². The number of furan rings is 2. The van der Waals surface area contributed by atoms with E-state index in [0.717, 1.165) is 55.5 Å². The number of rotatable bonds is 4. The molecule has 9 aromatic carbocycles. The highest BCUT2D eigenvalue weighted by atomic mass is 16.3. The third-order valence-electron chi connectivity index (χ3n) is 11.4. The first-order chi connectivity index (χ1) is 27.3. The molecule has 55 heavy (non-hydrogen) atoms. The molecule has 12 aromatic rings. The van der Waals surface area contributed by atoms with E-state index in [-0.39, 0.29) is 0 Å². The zero-order valence-electron chi connectivity index (χ0n) is 29.7. The SMILES string of the molecule is c1ccc(-c2oc3cc4oc5ccccc5c4cc3c2-c2c3ccccc3c(-c3ccc4c(c3)c3ccccc3n4-c3ccccc3)c3ccccc23)cc1. The van der Waals surface area contributed by atoms with Gasteiger partial charge in [-0.15, -0.1) is 0 Å². The third kappa shape index (κ3) is 4.38. The zero-order valence-corrected chi connectivity index (χ0v) is 29.7. The predicted molar refractivity (Wildman–Crippen MR) is 229 cm³/mol. The summed E-state index contributed by atoms with van der Waals surface area (Å²) < 4.78 is 15.6. The molecule has 0 aliphatic rings. The predicted octanol–water partition coefficient (Wildman–Crippen LogP) is 14.7. The van der Waals surface area contributed by atoms with Crippen molar-refractivity contribution in [2.24, 2.45) is 0 Å². The molecule has 3 nitrogen and oxygen atoms in total. The van der Waals surface area contributed by atoms with E-state index < -0.39 is 0 Å². The Balaban J connectivity index is 1.19. The van der Waals surface area contributed by atoms with Gasteiger partial charge in [0.15, 0.2) is 0 Å². The monoisotopic (exact) mass is 701 g/mol. The lowest BCUT2D eigenvalue weighted by Crippen LogP contribution is -1.93. The van der Waals surface area contributed by atoms with E-state index >= 15 is 0 Å². The molecule has 12 rings (SSSR count). The molecular weight excluding hydrogens is 671 g/mol. The molecule has 0 aliphatic heterocycles. The fourth-order valence-corrected chi connectivity index (χ4v) is 9.05. The van der Waals surface area contributed by atoms with Gasteiger partial charge in [-0.05, 0) is 75.1 Å². The van der Waals surface area contributed by atoms with Gasteiger partial charge in [-0.25, -0.2) is 0 Å². The number of benzene rings is 9. The highest BCUT2D eigenvalue weighted by Gasteiger charge is 2.25. The summed E-state index contributed by atoms with van der Waals surface area (Å²) >= 11 is 0. The Morgan fingerprint density at radius 2 is 0.855 bits per heavy atom. The Hall–Kier alpha value is -7.36. The molecule has 0 unspecified atom stereocenters. The van der Waals surface area contributed by atoms with E-state index in [9.17, 15) is 0 Å². The molecule has 0 spiro atoms. The number of fused-ring (bicyclic) bond motifs is 9. The van der Waals surface area contributed by atoms with Crippen LogP contribution in [0.1, 0.15) is 0 Å². The van der Waals surface area contributed by atoms with Gasteiger partial charge in [0.2, 0.25) is 0 Å². The van der Waals surface area contributed by atoms with Gasteiger partial charge in [-0.2, -0.15) is 0 Å².